The van der Waals surface area contributed by atoms with Crippen molar-refractivity contribution in [1.82, 2.24) is 30.4 Å². The van der Waals surface area contributed by atoms with E-state index in [0.29, 0.717) is 22.7 Å². The Morgan fingerprint density at radius 2 is 2.19 bits per heavy atom. The molecule has 3 aromatic rings. The molecular weight excluding hydrogens is 292 g/mol. The quantitative estimate of drug-likeness (QED) is 0.656. The summed E-state index contributed by atoms with van der Waals surface area (Å²) < 4.78 is 12.4. The van der Waals surface area contributed by atoms with Crippen molar-refractivity contribution in [3.63, 3.8) is 0 Å². The number of tetrazole rings is 1. The topological polar surface area (TPSA) is 91.8 Å². The van der Waals surface area contributed by atoms with E-state index in [4.69, 9.17) is 9.15 Å². The van der Waals surface area contributed by atoms with Crippen molar-refractivity contribution in [3.05, 3.63) is 30.2 Å². The summed E-state index contributed by atoms with van der Waals surface area (Å²) in [6.45, 7) is 0. The molecule has 0 radical (unpaired) electrons. The van der Waals surface area contributed by atoms with E-state index in [1.165, 1.54) is 11.8 Å². The van der Waals surface area contributed by atoms with Crippen LogP contribution in [-0.4, -0.2) is 37.5 Å². The standard InChI is InChI=1S/C12H12N6O2S/c1-18-12(15-16-17-18)21-7-10-13-14-11(20-10)8-4-3-5-9(6-8)19-2/h3-6H,7H2,1-2H3. The Bertz CT molecular complexity index is 741. The van der Waals surface area contributed by atoms with Gasteiger partial charge in [-0.1, -0.05) is 17.8 Å². The summed E-state index contributed by atoms with van der Waals surface area (Å²) in [4.78, 5) is 0. The zero-order valence-electron chi connectivity index (χ0n) is 11.4. The number of hydrogen-bond acceptors (Lipinski definition) is 8. The lowest BCUT2D eigenvalue weighted by Gasteiger charge is -2.00. The molecule has 0 aliphatic rings. The molecule has 0 fully saturated rings. The average molecular weight is 304 g/mol. The molecule has 0 bridgehead atoms. The highest BCUT2D eigenvalue weighted by Gasteiger charge is 2.11. The Hall–Kier alpha value is -2.42. The van der Waals surface area contributed by atoms with Gasteiger partial charge in [0.15, 0.2) is 0 Å². The molecule has 0 spiro atoms. The van der Waals surface area contributed by atoms with Crippen LogP contribution < -0.4 is 4.74 Å². The molecule has 21 heavy (non-hydrogen) atoms. The minimum Gasteiger partial charge on any atom is -0.497 e. The number of nitrogens with zero attached hydrogens (tertiary/aromatic N) is 6. The first kappa shape index (κ1) is 13.6. The van der Waals surface area contributed by atoms with Crippen molar-refractivity contribution < 1.29 is 9.15 Å². The summed E-state index contributed by atoms with van der Waals surface area (Å²) in [6, 6.07) is 7.46. The van der Waals surface area contributed by atoms with Crippen molar-refractivity contribution in [3.8, 4) is 17.2 Å². The minimum absolute atomic E-state index is 0.459. The summed E-state index contributed by atoms with van der Waals surface area (Å²) >= 11 is 1.43. The van der Waals surface area contributed by atoms with E-state index in [9.17, 15) is 0 Å². The van der Waals surface area contributed by atoms with Crippen LogP contribution in [0.5, 0.6) is 5.75 Å². The maximum Gasteiger partial charge on any atom is 0.247 e. The summed E-state index contributed by atoms with van der Waals surface area (Å²) in [7, 11) is 3.39. The highest BCUT2D eigenvalue weighted by Crippen LogP contribution is 2.24. The minimum atomic E-state index is 0.459. The molecule has 0 atom stereocenters. The first-order chi connectivity index (χ1) is 10.3. The highest BCUT2D eigenvalue weighted by atomic mass is 32.2. The Balaban J connectivity index is 1.72. The van der Waals surface area contributed by atoms with Gasteiger partial charge in [0.25, 0.3) is 0 Å². The molecular formula is C12H12N6O2S. The van der Waals surface area contributed by atoms with Crippen LogP contribution in [-0.2, 0) is 12.8 Å². The molecule has 1 aromatic carbocycles. The number of methoxy groups -OCH3 is 1. The predicted molar refractivity (Wildman–Crippen MR) is 74.6 cm³/mol. The molecule has 0 N–H and O–H groups in total. The lowest BCUT2D eigenvalue weighted by atomic mass is 10.2. The third-order valence-corrected chi connectivity index (χ3v) is 3.68. The van der Waals surface area contributed by atoms with E-state index in [-0.39, 0.29) is 0 Å². The first-order valence-corrected chi connectivity index (χ1v) is 7.07. The van der Waals surface area contributed by atoms with Gasteiger partial charge in [-0.15, -0.1) is 15.3 Å². The Morgan fingerprint density at radius 1 is 1.29 bits per heavy atom. The van der Waals surface area contributed by atoms with Crippen LogP contribution >= 0.6 is 11.8 Å². The average Bonchev–Trinajstić information content (AvgIpc) is 3.14. The number of thioether (sulfide) groups is 1. The van der Waals surface area contributed by atoms with E-state index in [1.54, 1.807) is 18.8 Å². The van der Waals surface area contributed by atoms with Crippen LogP contribution in [0.15, 0.2) is 33.8 Å². The summed E-state index contributed by atoms with van der Waals surface area (Å²) in [6.07, 6.45) is 0. The molecule has 0 saturated heterocycles. The molecule has 0 amide bonds. The lowest BCUT2D eigenvalue weighted by Crippen LogP contribution is -1.93. The van der Waals surface area contributed by atoms with Gasteiger partial charge in [0.2, 0.25) is 16.9 Å². The maximum absolute atomic E-state index is 5.63. The SMILES string of the molecule is COc1cccc(-c2nnc(CSc3nnnn3C)o2)c1. The number of hydrogen-bond donors (Lipinski definition) is 0. The molecule has 0 unspecified atom stereocenters. The van der Waals surface area contributed by atoms with E-state index in [1.807, 2.05) is 24.3 Å². The second-order valence-corrected chi connectivity index (χ2v) is 5.05. The van der Waals surface area contributed by atoms with E-state index >= 15 is 0 Å². The molecule has 8 nitrogen and oxygen atoms in total. The van der Waals surface area contributed by atoms with Crippen LogP contribution in [0, 0.1) is 0 Å². The third kappa shape index (κ3) is 3.02. The van der Waals surface area contributed by atoms with Crippen LogP contribution in [0.4, 0.5) is 0 Å². The molecule has 2 heterocycles. The fourth-order valence-corrected chi connectivity index (χ4v) is 2.34. The van der Waals surface area contributed by atoms with Gasteiger partial charge < -0.3 is 9.15 Å². The zero-order valence-corrected chi connectivity index (χ0v) is 12.2. The van der Waals surface area contributed by atoms with Crippen LogP contribution in [0.1, 0.15) is 5.89 Å². The second kappa shape index (κ2) is 5.92. The second-order valence-electron chi connectivity index (χ2n) is 4.11. The van der Waals surface area contributed by atoms with Gasteiger partial charge in [-0.3, -0.25) is 0 Å². The van der Waals surface area contributed by atoms with Gasteiger partial charge in [0.05, 0.1) is 12.9 Å². The smallest absolute Gasteiger partial charge is 0.247 e. The van der Waals surface area contributed by atoms with Gasteiger partial charge in [-0.05, 0) is 28.6 Å². The highest BCUT2D eigenvalue weighted by molar-refractivity contribution is 7.98. The number of aromatic nitrogens is 6. The Morgan fingerprint density at radius 3 is 2.95 bits per heavy atom. The summed E-state index contributed by atoms with van der Waals surface area (Å²) in [5.74, 6) is 2.22. The van der Waals surface area contributed by atoms with Crippen molar-refractivity contribution in [2.45, 2.75) is 10.9 Å². The predicted octanol–water partition coefficient (Wildman–Crippen LogP) is 1.56. The van der Waals surface area contributed by atoms with Gasteiger partial charge in [-0.2, -0.15) is 0 Å². The molecule has 0 aliphatic carbocycles. The summed E-state index contributed by atoms with van der Waals surface area (Å²) in [5, 5.41) is 20.0. The van der Waals surface area contributed by atoms with Gasteiger partial charge >= 0.3 is 0 Å². The number of ether oxygens (including phenoxy) is 1. The van der Waals surface area contributed by atoms with Crippen molar-refractivity contribution in [2.24, 2.45) is 7.05 Å². The first-order valence-electron chi connectivity index (χ1n) is 6.08. The molecule has 108 valence electrons. The maximum atomic E-state index is 5.63. The fourth-order valence-electron chi connectivity index (χ4n) is 1.65. The van der Waals surface area contributed by atoms with E-state index < -0.39 is 0 Å². The molecule has 2 aromatic heterocycles. The van der Waals surface area contributed by atoms with E-state index in [0.717, 1.165) is 11.3 Å². The monoisotopic (exact) mass is 304 g/mol. The molecule has 3 rings (SSSR count). The van der Waals surface area contributed by atoms with Gasteiger partial charge in [0, 0.05) is 12.6 Å². The largest absolute Gasteiger partial charge is 0.497 e. The normalized spacial score (nSPS) is 10.8. The van der Waals surface area contributed by atoms with Gasteiger partial charge in [-0.25, -0.2) is 4.68 Å². The van der Waals surface area contributed by atoms with Crippen molar-refractivity contribution >= 4 is 11.8 Å². The molecule has 0 saturated carbocycles. The Labute approximate surface area is 124 Å². The molecule has 0 aliphatic heterocycles. The number of rotatable bonds is 5. The summed E-state index contributed by atoms with van der Waals surface area (Å²) in [5.41, 5.74) is 0.818. The van der Waals surface area contributed by atoms with Crippen LogP contribution in [0.3, 0.4) is 0 Å². The van der Waals surface area contributed by atoms with Gasteiger partial charge in [0.1, 0.15) is 5.75 Å². The zero-order chi connectivity index (χ0) is 14.7. The van der Waals surface area contributed by atoms with Crippen molar-refractivity contribution in [1.29, 1.82) is 0 Å². The van der Waals surface area contributed by atoms with Crippen LogP contribution in [0.25, 0.3) is 11.5 Å². The fraction of sp³-hybridized carbons (Fsp3) is 0.250. The van der Waals surface area contributed by atoms with Crippen LogP contribution in [0.2, 0.25) is 0 Å². The van der Waals surface area contributed by atoms with Crippen molar-refractivity contribution in [2.75, 3.05) is 7.11 Å². The Kier molecular flexibility index (Phi) is 3.82. The third-order valence-electron chi connectivity index (χ3n) is 2.69. The lowest BCUT2D eigenvalue weighted by molar-refractivity contribution is 0.414. The molecule has 9 heteroatoms. The number of aryl methyl sites for hydroxylation is 1. The van der Waals surface area contributed by atoms with E-state index in [2.05, 4.69) is 25.7 Å². The number of benzene rings is 1.